The second-order valence-electron chi connectivity index (χ2n) is 9.65. The fourth-order valence-corrected chi connectivity index (χ4v) is 4.91. The summed E-state index contributed by atoms with van der Waals surface area (Å²) in [5.74, 6) is 0. The van der Waals surface area contributed by atoms with E-state index in [-0.39, 0.29) is 18.8 Å². The Balaban J connectivity index is 1.45. The first-order valence-electron chi connectivity index (χ1n) is 12.2. The molecular weight excluding hydrogens is 457 g/mol. The summed E-state index contributed by atoms with van der Waals surface area (Å²) >= 11 is 0. The molecule has 8 heteroatoms. The molecule has 2 aliphatic heterocycles. The van der Waals surface area contributed by atoms with E-state index in [0.717, 1.165) is 43.6 Å². The number of piperidine rings is 1. The average molecular weight is 491 g/mol. The summed E-state index contributed by atoms with van der Waals surface area (Å²) in [4.78, 5) is 14.2. The highest BCUT2D eigenvalue weighted by Crippen LogP contribution is 2.35. The minimum Gasteiger partial charge on any atom is -0.445 e. The van der Waals surface area contributed by atoms with Crippen molar-refractivity contribution in [2.24, 2.45) is 0 Å². The molecule has 0 aromatic heterocycles. The molecule has 2 saturated heterocycles. The number of ether oxygens (including phenoxy) is 2. The van der Waals surface area contributed by atoms with Crippen molar-refractivity contribution < 1.29 is 27.4 Å². The van der Waals surface area contributed by atoms with Crippen molar-refractivity contribution in [2.75, 3.05) is 26.2 Å². The van der Waals surface area contributed by atoms with Crippen LogP contribution in [0.4, 0.5) is 18.0 Å². The summed E-state index contributed by atoms with van der Waals surface area (Å²) in [6, 6.07) is 13.9. The van der Waals surface area contributed by atoms with Crippen molar-refractivity contribution in [3.63, 3.8) is 0 Å². The molecule has 190 valence electrons. The van der Waals surface area contributed by atoms with Crippen molar-refractivity contribution in [3.8, 4) is 0 Å². The molecule has 0 saturated carbocycles. The largest absolute Gasteiger partial charge is 0.445 e. The fraction of sp³-hybridized carbons (Fsp3) is 0.519. The van der Waals surface area contributed by atoms with Gasteiger partial charge in [-0.3, -0.25) is 0 Å². The number of hydrogen-bond donors (Lipinski definition) is 1. The van der Waals surface area contributed by atoms with Crippen LogP contribution < -0.4 is 5.32 Å². The number of benzene rings is 2. The lowest BCUT2D eigenvalue weighted by atomic mass is 9.82. The van der Waals surface area contributed by atoms with Gasteiger partial charge in [0, 0.05) is 19.6 Å². The van der Waals surface area contributed by atoms with Crippen LogP contribution in [0, 0.1) is 6.92 Å². The van der Waals surface area contributed by atoms with Gasteiger partial charge in [0.2, 0.25) is 0 Å². The molecule has 4 rings (SSSR count). The van der Waals surface area contributed by atoms with Crippen LogP contribution in [-0.2, 0) is 21.2 Å². The topological polar surface area (TPSA) is 50.8 Å². The van der Waals surface area contributed by atoms with Gasteiger partial charge in [-0.15, -0.1) is 0 Å². The van der Waals surface area contributed by atoms with Gasteiger partial charge in [-0.25, -0.2) is 4.79 Å². The predicted molar refractivity (Wildman–Crippen MR) is 127 cm³/mol. The van der Waals surface area contributed by atoms with E-state index < -0.39 is 23.4 Å². The normalized spacial score (nSPS) is 23.8. The maximum absolute atomic E-state index is 13.3. The highest BCUT2D eigenvalue weighted by molar-refractivity contribution is 5.68. The minimum atomic E-state index is -4.40. The van der Waals surface area contributed by atoms with Gasteiger partial charge in [0.15, 0.2) is 0 Å². The predicted octanol–water partition coefficient (Wildman–Crippen LogP) is 5.97. The minimum absolute atomic E-state index is 0.233. The lowest BCUT2D eigenvalue weighted by Gasteiger charge is -2.42. The zero-order valence-corrected chi connectivity index (χ0v) is 20.2. The summed E-state index contributed by atoms with van der Waals surface area (Å²) in [5, 5.41) is 3.55. The molecule has 0 aliphatic carbocycles. The van der Waals surface area contributed by atoms with E-state index in [1.807, 2.05) is 30.3 Å². The van der Waals surface area contributed by atoms with Gasteiger partial charge in [0.1, 0.15) is 6.10 Å². The number of rotatable bonds is 6. The SMILES string of the molecule is Cc1cc([C@@H](C)OC[C@@]2(c3ccccc3)CCC(OC(=O)N3CCCC3)CN2)cc(C(F)(F)F)c1. The van der Waals surface area contributed by atoms with Crippen molar-refractivity contribution in [1.29, 1.82) is 0 Å². The molecule has 0 radical (unpaired) electrons. The fourth-order valence-electron chi connectivity index (χ4n) is 4.91. The van der Waals surface area contributed by atoms with E-state index in [4.69, 9.17) is 9.47 Å². The molecular formula is C27H33F3N2O3. The van der Waals surface area contributed by atoms with Crippen LogP contribution in [0.15, 0.2) is 48.5 Å². The number of halogens is 3. The number of carbonyl (C=O) groups excluding carboxylic acids is 1. The second kappa shape index (κ2) is 10.6. The molecule has 5 nitrogen and oxygen atoms in total. The van der Waals surface area contributed by atoms with Crippen LogP contribution in [0.3, 0.4) is 0 Å². The van der Waals surface area contributed by atoms with Gasteiger partial charge >= 0.3 is 12.3 Å². The first kappa shape index (κ1) is 25.5. The van der Waals surface area contributed by atoms with E-state index in [0.29, 0.717) is 30.5 Å². The summed E-state index contributed by atoms with van der Waals surface area (Å²) in [6.45, 7) is 5.68. The van der Waals surface area contributed by atoms with Gasteiger partial charge in [0.25, 0.3) is 0 Å². The van der Waals surface area contributed by atoms with E-state index in [2.05, 4.69) is 5.32 Å². The maximum atomic E-state index is 13.3. The molecule has 1 unspecified atom stereocenters. The average Bonchev–Trinajstić information content (AvgIpc) is 3.38. The van der Waals surface area contributed by atoms with Gasteiger partial charge in [-0.1, -0.05) is 42.0 Å². The Morgan fingerprint density at radius 2 is 1.89 bits per heavy atom. The van der Waals surface area contributed by atoms with Crippen LogP contribution >= 0.6 is 0 Å². The van der Waals surface area contributed by atoms with Crippen LogP contribution in [0.5, 0.6) is 0 Å². The Bertz CT molecular complexity index is 998. The number of alkyl halides is 3. The van der Waals surface area contributed by atoms with Crippen molar-refractivity contribution in [1.82, 2.24) is 10.2 Å². The number of amides is 1. The quantitative estimate of drug-likeness (QED) is 0.542. The first-order valence-corrected chi connectivity index (χ1v) is 12.2. The number of hydrogen-bond acceptors (Lipinski definition) is 4. The molecule has 2 aromatic carbocycles. The molecule has 2 heterocycles. The van der Waals surface area contributed by atoms with Crippen LogP contribution in [0.25, 0.3) is 0 Å². The third-order valence-corrected chi connectivity index (χ3v) is 7.00. The number of likely N-dealkylation sites (tertiary alicyclic amines) is 1. The standard InChI is InChI=1S/C27H33F3N2O3/c1-19-14-21(16-23(15-19)27(28,29)30)20(2)34-18-26(22-8-4-3-5-9-22)11-10-24(17-31-26)35-25(33)32-12-6-7-13-32/h3-5,8-9,14-16,20,24,31H,6-7,10-13,17-18H2,1-2H3/t20-,24?,26-/m1/s1. The van der Waals surface area contributed by atoms with Crippen molar-refractivity contribution in [2.45, 2.75) is 63.5 Å². The Hall–Kier alpha value is -2.58. The highest BCUT2D eigenvalue weighted by atomic mass is 19.4. The molecule has 2 aliphatic rings. The third kappa shape index (κ3) is 6.16. The van der Waals surface area contributed by atoms with E-state index >= 15 is 0 Å². The lowest BCUT2D eigenvalue weighted by molar-refractivity contribution is -0.137. The molecule has 0 spiro atoms. The zero-order valence-electron chi connectivity index (χ0n) is 20.2. The van der Waals surface area contributed by atoms with Gasteiger partial charge in [-0.05, 0) is 62.8 Å². The summed E-state index contributed by atoms with van der Waals surface area (Å²) in [6.07, 6.45) is -2.06. The van der Waals surface area contributed by atoms with E-state index in [1.54, 1.807) is 24.8 Å². The molecule has 2 fully saturated rings. The van der Waals surface area contributed by atoms with E-state index in [1.165, 1.54) is 0 Å². The van der Waals surface area contributed by atoms with E-state index in [9.17, 15) is 18.0 Å². The number of nitrogens with one attached hydrogen (secondary N) is 1. The maximum Gasteiger partial charge on any atom is 0.416 e. The smallest absolute Gasteiger partial charge is 0.416 e. The summed E-state index contributed by atoms with van der Waals surface area (Å²) in [7, 11) is 0. The Morgan fingerprint density at radius 1 is 1.17 bits per heavy atom. The summed E-state index contributed by atoms with van der Waals surface area (Å²) in [5.41, 5.74) is 0.883. The monoisotopic (exact) mass is 490 g/mol. The zero-order chi connectivity index (χ0) is 25.1. The molecule has 0 bridgehead atoms. The summed E-state index contributed by atoms with van der Waals surface area (Å²) < 4.78 is 51.9. The second-order valence-corrected chi connectivity index (χ2v) is 9.65. The lowest BCUT2D eigenvalue weighted by Crippen LogP contribution is -2.54. The van der Waals surface area contributed by atoms with Crippen LogP contribution in [0.1, 0.15) is 61.0 Å². The Kier molecular flexibility index (Phi) is 7.71. The van der Waals surface area contributed by atoms with Gasteiger partial charge in [-0.2, -0.15) is 13.2 Å². The Morgan fingerprint density at radius 3 is 2.51 bits per heavy atom. The van der Waals surface area contributed by atoms with Gasteiger partial charge in [0.05, 0.1) is 23.8 Å². The van der Waals surface area contributed by atoms with Crippen molar-refractivity contribution in [3.05, 3.63) is 70.8 Å². The van der Waals surface area contributed by atoms with Gasteiger partial charge < -0.3 is 19.7 Å². The first-order chi connectivity index (χ1) is 16.7. The van der Waals surface area contributed by atoms with Crippen LogP contribution in [0.2, 0.25) is 0 Å². The molecule has 1 N–H and O–H groups in total. The molecule has 3 atom stereocenters. The van der Waals surface area contributed by atoms with Crippen LogP contribution in [-0.4, -0.2) is 43.3 Å². The Labute approximate surface area is 204 Å². The molecule has 2 aromatic rings. The number of carbonyl (C=O) groups is 1. The third-order valence-electron chi connectivity index (χ3n) is 7.00. The van der Waals surface area contributed by atoms with Crippen molar-refractivity contribution >= 4 is 6.09 Å². The molecule has 1 amide bonds. The molecule has 35 heavy (non-hydrogen) atoms. The number of nitrogens with zero attached hydrogens (tertiary/aromatic N) is 1. The number of aryl methyl sites for hydroxylation is 1. The highest BCUT2D eigenvalue weighted by Gasteiger charge is 2.39.